The van der Waals surface area contributed by atoms with Gasteiger partial charge in [0, 0.05) is 13.1 Å². The summed E-state index contributed by atoms with van der Waals surface area (Å²) in [5.74, 6) is 0.0426. The first-order valence-electron chi connectivity index (χ1n) is 9.08. The van der Waals surface area contributed by atoms with Gasteiger partial charge in [-0.25, -0.2) is 9.18 Å². The molecule has 1 saturated carbocycles. The molecule has 3 atom stereocenters. The molecule has 0 radical (unpaired) electrons. The monoisotopic (exact) mass is 359 g/mol. The van der Waals surface area contributed by atoms with Crippen LogP contribution in [0.5, 0.6) is 0 Å². The lowest BCUT2D eigenvalue weighted by atomic mass is 10.0. The zero-order valence-electron chi connectivity index (χ0n) is 14.7. The highest BCUT2D eigenvalue weighted by atomic mass is 19.1. The standard InChI is InChI=1S/C19H22FN3O3/c1-2-15-10-23(18(24)26-15)14-3-4-17(16(20)5-14)22-8-12-6-19(25,11-21)7-13(12)9-22/h3-5,12-13,15,25H,2,6-10H2,1H3/t12?,13?,15-,19?/m0/s1. The zero-order chi connectivity index (χ0) is 18.5. The molecule has 1 N–H and O–H groups in total. The maximum Gasteiger partial charge on any atom is 0.414 e. The number of nitrogens with zero attached hydrogens (tertiary/aromatic N) is 3. The fourth-order valence-electron chi connectivity index (χ4n) is 4.51. The van der Waals surface area contributed by atoms with E-state index in [2.05, 4.69) is 0 Å². The molecule has 1 aromatic carbocycles. The lowest BCUT2D eigenvalue weighted by Gasteiger charge is -2.23. The van der Waals surface area contributed by atoms with Gasteiger partial charge < -0.3 is 14.7 Å². The van der Waals surface area contributed by atoms with Crippen LogP contribution >= 0.6 is 0 Å². The summed E-state index contributed by atoms with van der Waals surface area (Å²) in [6, 6.07) is 6.83. The number of amides is 1. The maximum absolute atomic E-state index is 14.7. The van der Waals surface area contributed by atoms with E-state index in [4.69, 9.17) is 10.00 Å². The highest BCUT2D eigenvalue weighted by Gasteiger charge is 2.49. The maximum atomic E-state index is 14.7. The average molecular weight is 359 g/mol. The summed E-state index contributed by atoms with van der Waals surface area (Å²) < 4.78 is 20.0. The quantitative estimate of drug-likeness (QED) is 0.840. The largest absolute Gasteiger partial charge is 0.444 e. The first-order valence-corrected chi connectivity index (χ1v) is 9.08. The van der Waals surface area contributed by atoms with E-state index in [9.17, 15) is 14.3 Å². The molecule has 3 aliphatic rings. The van der Waals surface area contributed by atoms with Gasteiger partial charge in [0.15, 0.2) is 5.60 Å². The molecule has 3 fully saturated rings. The number of rotatable bonds is 3. The van der Waals surface area contributed by atoms with E-state index in [0.717, 1.165) is 6.42 Å². The molecule has 2 aliphatic heterocycles. The van der Waals surface area contributed by atoms with Crippen LogP contribution < -0.4 is 9.80 Å². The Labute approximate surface area is 151 Å². The van der Waals surface area contributed by atoms with E-state index >= 15 is 0 Å². The third-order valence-electron chi connectivity index (χ3n) is 5.90. The Bertz CT molecular complexity index is 764. The Morgan fingerprint density at radius 2 is 2.04 bits per heavy atom. The zero-order valence-corrected chi connectivity index (χ0v) is 14.7. The van der Waals surface area contributed by atoms with Gasteiger partial charge in [0.2, 0.25) is 0 Å². The van der Waals surface area contributed by atoms with Gasteiger partial charge in [0.05, 0.1) is 24.0 Å². The Kier molecular flexibility index (Phi) is 4.03. The number of nitriles is 1. The predicted molar refractivity (Wildman–Crippen MR) is 93.3 cm³/mol. The van der Waals surface area contributed by atoms with Crippen molar-refractivity contribution in [3.8, 4) is 6.07 Å². The molecule has 2 heterocycles. The minimum atomic E-state index is -1.23. The highest BCUT2D eigenvalue weighted by Crippen LogP contribution is 2.45. The van der Waals surface area contributed by atoms with E-state index in [1.54, 1.807) is 12.1 Å². The van der Waals surface area contributed by atoms with E-state index in [-0.39, 0.29) is 23.8 Å². The van der Waals surface area contributed by atoms with Crippen molar-refractivity contribution in [2.75, 3.05) is 29.4 Å². The third-order valence-corrected chi connectivity index (χ3v) is 5.90. The van der Waals surface area contributed by atoms with Gasteiger partial charge in [-0.3, -0.25) is 4.90 Å². The average Bonchev–Trinajstić information content (AvgIpc) is 3.26. The van der Waals surface area contributed by atoms with Crippen molar-refractivity contribution in [1.29, 1.82) is 5.26 Å². The van der Waals surface area contributed by atoms with Crippen molar-refractivity contribution in [2.24, 2.45) is 11.8 Å². The van der Waals surface area contributed by atoms with Crippen LogP contribution in [-0.4, -0.2) is 42.5 Å². The van der Waals surface area contributed by atoms with Gasteiger partial charge in [-0.15, -0.1) is 0 Å². The van der Waals surface area contributed by atoms with Crippen LogP contribution in [0.2, 0.25) is 0 Å². The normalized spacial score (nSPS) is 33.3. The second-order valence-electron chi connectivity index (χ2n) is 7.64. The molecule has 4 rings (SSSR count). The van der Waals surface area contributed by atoms with Crippen LogP contribution in [0.3, 0.4) is 0 Å². The van der Waals surface area contributed by atoms with Gasteiger partial charge >= 0.3 is 6.09 Å². The number of aliphatic hydroxyl groups is 1. The molecule has 1 aromatic rings. The van der Waals surface area contributed by atoms with Gasteiger partial charge in [-0.2, -0.15) is 5.26 Å². The van der Waals surface area contributed by atoms with Crippen molar-refractivity contribution >= 4 is 17.5 Å². The summed E-state index contributed by atoms with van der Waals surface area (Å²) in [4.78, 5) is 15.4. The minimum absolute atomic E-state index is 0.151. The summed E-state index contributed by atoms with van der Waals surface area (Å²) in [6.07, 6.45) is 1.04. The lowest BCUT2D eigenvalue weighted by Crippen LogP contribution is -2.29. The topological polar surface area (TPSA) is 76.8 Å². The number of ether oxygens (including phenoxy) is 1. The summed E-state index contributed by atoms with van der Waals surface area (Å²) >= 11 is 0. The number of hydrogen-bond acceptors (Lipinski definition) is 5. The molecule has 7 heteroatoms. The highest BCUT2D eigenvalue weighted by molar-refractivity contribution is 5.90. The van der Waals surface area contributed by atoms with Crippen LogP contribution in [0.25, 0.3) is 0 Å². The number of benzene rings is 1. The molecular weight excluding hydrogens is 337 g/mol. The van der Waals surface area contributed by atoms with Gasteiger partial charge in [-0.1, -0.05) is 6.92 Å². The van der Waals surface area contributed by atoms with Crippen LogP contribution in [0.15, 0.2) is 18.2 Å². The molecule has 6 nitrogen and oxygen atoms in total. The third kappa shape index (κ3) is 2.78. The molecule has 0 bridgehead atoms. The predicted octanol–water partition coefficient (Wildman–Crippen LogP) is 2.66. The van der Waals surface area contributed by atoms with Crippen LogP contribution in [0, 0.1) is 29.0 Å². The first kappa shape index (κ1) is 17.1. The number of halogens is 1. The second-order valence-corrected chi connectivity index (χ2v) is 7.64. The fourth-order valence-corrected chi connectivity index (χ4v) is 4.51. The van der Waals surface area contributed by atoms with E-state index < -0.39 is 11.7 Å². The number of carbonyl (C=O) groups is 1. The Morgan fingerprint density at radius 1 is 1.35 bits per heavy atom. The van der Waals surface area contributed by atoms with E-state index in [1.807, 2.05) is 17.9 Å². The number of anilines is 2. The van der Waals surface area contributed by atoms with Crippen molar-refractivity contribution in [3.63, 3.8) is 0 Å². The second kappa shape index (κ2) is 6.13. The minimum Gasteiger partial charge on any atom is -0.444 e. The Balaban J connectivity index is 1.49. The first-order chi connectivity index (χ1) is 12.4. The van der Waals surface area contributed by atoms with Gasteiger partial charge in [0.1, 0.15) is 11.9 Å². The number of hydrogen-bond donors (Lipinski definition) is 1. The van der Waals surface area contributed by atoms with Crippen molar-refractivity contribution in [3.05, 3.63) is 24.0 Å². The SMILES string of the molecule is CC[C@H]1CN(c2ccc(N3CC4CC(O)(C#N)CC4C3)c(F)c2)C(=O)O1. The summed E-state index contributed by atoms with van der Waals surface area (Å²) in [5, 5.41) is 19.2. The molecule has 0 aromatic heterocycles. The van der Waals surface area contributed by atoms with Crippen molar-refractivity contribution < 1.29 is 19.0 Å². The van der Waals surface area contributed by atoms with Crippen LogP contribution in [0.1, 0.15) is 26.2 Å². The number of cyclic esters (lactones) is 1. The molecule has 1 amide bonds. The number of fused-ring (bicyclic) bond motifs is 1. The summed E-state index contributed by atoms with van der Waals surface area (Å²) in [6.45, 7) is 3.65. The van der Waals surface area contributed by atoms with Crippen LogP contribution in [0.4, 0.5) is 20.6 Å². The molecule has 1 aliphatic carbocycles. The smallest absolute Gasteiger partial charge is 0.414 e. The molecule has 2 saturated heterocycles. The Hall–Kier alpha value is -2.33. The van der Waals surface area contributed by atoms with Crippen molar-refractivity contribution in [2.45, 2.75) is 37.9 Å². The van der Waals surface area contributed by atoms with E-state index in [1.165, 1.54) is 11.0 Å². The summed E-state index contributed by atoms with van der Waals surface area (Å²) in [5.41, 5.74) is -0.218. The molecule has 138 valence electrons. The van der Waals surface area contributed by atoms with Gasteiger partial charge in [-0.05, 0) is 49.3 Å². The summed E-state index contributed by atoms with van der Waals surface area (Å²) in [7, 11) is 0. The van der Waals surface area contributed by atoms with Crippen molar-refractivity contribution in [1.82, 2.24) is 0 Å². The van der Waals surface area contributed by atoms with Gasteiger partial charge in [0.25, 0.3) is 0 Å². The number of carbonyl (C=O) groups excluding carboxylic acids is 1. The fraction of sp³-hybridized carbons (Fsp3) is 0.579. The lowest BCUT2D eigenvalue weighted by molar-refractivity contribution is 0.0988. The van der Waals surface area contributed by atoms with E-state index in [0.29, 0.717) is 43.9 Å². The van der Waals surface area contributed by atoms with Crippen LogP contribution in [-0.2, 0) is 4.74 Å². The molecule has 2 unspecified atom stereocenters. The Morgan fingerprint density at radius 3 is 2.58 bits per heavy atom. The molecule has 0 spiro atoms. The molecule has 26 heavy (non-hydrogen) atoms. The molecular formula is C19H22FN3O3.